The van der Waals surface area contributed by atoms with E-state index in [4.69, 9.17) is 5.73 Å². The molecule has 21 heavy (non-hydrogen) atoms. The molecule has 0 bridgehead atoms. The van der Waals surface area contributed by atoms with E-state index < -0.39 is 17.3 Å². The van der Waals surface area contributed by atoms with Crippen molar-refractivity contribution in [2.75, 3.05) is 12.8 Å². The number of aliphatic hydroxyl groups is 1. The molecular formula is C16H17NO3S. The average molecular weight is 303 g/mol. The summed E-state index contributed by atoms with van der Waals surface area (Å²) < 4.78 is 4.65. The number of para-hydroxylation sites is 1. The zero-order chi connectivity index (χ0) is 15.2. The minimum atomic E-state index is -1.26. The second kappa shape index (κ2) is 7.15. The largest absolute Gasteiger partial charge is 0.467 e. The standard InChI is InChI=1S/C16H17NO3S/c1-20-16(19)14(18)15(11-7-3-2-4-8-11)21-13-10-6-5-9-12(13)17/h2-10,14-15,18H,17H2,1H3/t14-,15-/m1/s1. The summed E-state index contributed by atoms with van der Waals surface area (Å²) in [6.45, 7) is 0. The van der Waals surface area contributed by atoms with Crippen molar-refractivity contribution in [3.05, 3.63) is 60.2 Å². The molecule has 0 aliphatic carbocycles. The Hall–Kier alpha value is -1.98. The van der Waals surface area contributed by atoms with Gasteiger partial charge < -0.3 is 15.6 Å². The van der Waals surface area contributed by atoms with E-state index in [2.05, 4.69) is 4.74 Å². The minimum absolute atomic E-state index is 0.483. The van der Waals surface area contributed by atoms with E-state index in [1.54, 1.807) is 6.07 Å². The smallest absolute Gasteiger partial charge is 0.336 e. The molecule has 0 saturated carbocycles. The van der Waals surface area contributed by atoms with Gasteiger partial charge >= 0.3 is 5.97 Å². The lowest BCUT2D eigenvalue weighted by molar-refractivity contribution is -0.150. The van der Waals surface area contributed by atoms with Gasteiger partial charge in [0.15, 0.2) is 6.10 Å². The number of benzene rings is 2. The van der Waals surface area contributed by atoms with Gasteiger partial charge in [0.25, 0.3) is 0 Å². The Morgan fingerprint density at radius 3 is 2.38 bits per heavy atom. The molecule has 0 radical (unpaired) electrons. The summed E-state index contributed by atoms with van der Waals surface area (Å²) in [5.74, 6) is -0.661. The first kappa shape index (κ1) is 15.4. The van der Waals surface area contributed by atoms with Crippen LogP contribution in [0.25, 0.3) is 0 Å². The van der Waals surface area contributed by atoms with Crippen molar-refractivity contribution in [3.8, 4) is 0 Å². The van der Waals surface area contributed by atoms with Crippen LogP contribution in [0.15, 0.2) is 59.5 Å². The topological polar surface area (TPSA) is 72.5 Å². The second-order valence-corrected chi connectivity index (χ2v) is 5.64. The fourth-order valence-corrected chi connectivity index (χ4v) is 3.09. The highest BCUT2D eigenvalue weighted by Crippen LogP contribution is 2.40. The summed E-state index contributed by atoms with van der Waals surface area (Å²) in [5, 5.41) is 9.76. The van der Waals surface area contributed by atoms with Gasteiger partial charge in [0.2, 0.25) is 0 Å². The van der Waals surface area contributed by atoms with E-state index in [0.717, 1.165) is 10.5 Å². The maximum absolute atomic E-state index is 11.7. The van der Waals surface area contributed by atoms with Crippen LogP contribution < -0.4 is 5.73 Å². The quantitative estimate of drug-likeness (QED) is 0.505. The van der Waals surface area contributed by atoms with Crippen molar-refractivity contribution < 1.29 is 14.6 Å². The summed E-state index contributed by atoms with van der Waals surface area (Å²) >= 11 is 1.34. The third-order valence-electron chi connectivity index (χ3n) is 3.03. The predicted molar refractivity (Wildman–Crippen MR) is 83.9 cm³/mol. The van der Waals surface area contributed by atoms with E-state index in [0.29, 0.717) is 5.69 Å². The van der Waals surface area contributed by atoms with Gasteiger partial charge in [-0.15, -0.1) is 11.8 Å². The molecule has 2 rings (SSSR count). The first-order chi connectivity index (χ1) is 10.1. The van der Waals surface area contributed by atoms with Crippen molar-refractivity contribution >= 4 is 23.4 Å². The lowest BCUT2D eigenvalue weighted by Crippen LogP contribution is -2.27. The molecule has 0 spiro atoms. The van der Waals surface area contributed by atoms with Crippen LogP contribution >= 0.6 is 11.8 Å². The zero-order valence-electron chi connectivity index (χ0n) is 11.6. The molecule has 0 aliphatic rings. The molecule has 110 valence electrons. The highest BCUT2D eigenvalue weighted by molar-refractivity contribution is 7.99. The van der Waals surface area contributed by atoms with Crippen LogP contribution in [0.2, 0.25) is 0 Å². The molecule has 0 heterocycles. The third kappa shape index (κ3) is 3.77. The number of nitrogens with two attached hydrogens (primary N) is 1. The molecule has 0 fully saturated rings. The number of nitrogen functional groups attached to an aromatic ring is 1. The number of aliphatic hydroxyl groups excluding tert-OH is 1. The number of rotatable bonds is 5. The number of hydrogen-bond acceptors (Lipinski definition) is 5. The SMILES string of the molecule is COC(=O)[C@H](O)[C@H](Sc1ccccc1N)c1ccccc1. The van der Waals surface area contributed by atoms with E-state index in [9.17, 15) is 9.90 Å². The minimum Gasteiger partial charge on any atom is -0.467 e. The van der Waals surface area contributed by atoms with Gasteiger partial charge in [-0.2, -0.15) is 0 Å². The fraction of sp³-hybridized carbons (Fsp3) is 0.188. The Bertz CT molecular complexity index is 603. The summed E-state index contributed by atoms with van der Waals surface area (Å²) in [4.78, 5) is 12.5. The van der Waals surface area contributed by atoms with E-state index in [1.165, 1.54) is 18.9 Å². The molecule has 2 aromatic rings. The Kier molecular flexibility index (Phi) is 5.25. The van der Waals surface area contributed by atoms with Gasteiger partial charge in [0.05, 0.1) is 12.4 Å². The van der Waals surface area contributed by atoms with Crippen LogP contribution in [-0.2, 0) is 9.53 Å². The maximum Gasteiger partial charge on any atom is 0.336 e. The molecule has 4 nitrogen and oxygen atoms in total. The molecule has 3 N–H and O–H groups in total. The normalized spacial score (nSPS) is 13.4. The zero-order valence-corrected chi connectivity index (χ0v) is 12.4. The number of thioether (sulfide) groups is 1. The number of esters is 1. The van der Waals surface area contributed by atoms with Crippen molar-refractivity contribution in [1.82, 2.24) is 0 Å². The number of anilines is 1. The highest BCUT2D eigenvalue weighted by atomic mass is 32.2. The van der Waals surface area contributed by atoms with Crippen LogP contribution in [0.4, 0.5) is 5.69 Å². The number of hydrogen-bond donors (Lipinski definition) is 2. The number of carbonyl (C=O) groups excluding carboxylic acids is 1. The van der Waals surface area contributed by atoms with Crippen LogP contribution in [0, 0.1) is 0 Å². The Labute approximate surface area is 127 Å². The van der Waals surface area contributed by atoms with Crippen molar-refractivity contribution in [1.29, 1.82) is 0 Å². The lowest BCUT2D eigenvalue weighted by Gasteiger charge is -2.21. The van der Waals surface area contributed by atoms with Gasteiger partial charge in [0, 0.05) is 10.6 Å². The van der Waals surface area contributed by atoms with Crippen LogP contribution in [0.5, 0.6) is 0 Å². The van der Waals surface area contributed by atoms with E-state index in [1.807, 2.05) is 48.5 Å². The molecule has 0 saturated heterocycles. The van der Waals surface area contributed by atoms with Crippen molar-refractivity contribution in [3.63, 3.8) is 0 Å². The third-order valence-corrected chi connectivity index (χ3v) is 4.44. The Balaban J connectivity index is 2.33. The number of ether oxygens (including phenoxy) is 1. The molecular weight excluding hydrogens is 286 g/mol. The summed E-state index contributed by atoms with van der Waals surface area (Å²) in [7, 11) is 1.26. The number of carbonyl (C=O) groups is 1. The fourth-order valence-electron chi connectivity index (χ4n) is 1.93. The predicted octanol–water partition coefficient (Wildman–Crippen LogP) is 2.64. The molecule has 2 atom stereocenters. The molecule has 2 aromatic carbocycles. The molecule has 0 amide bonds. The van der Waals surface area contributed by atoms with Crippen LogP contribution in [0.3, 0.4) is 0 Å². The maximum atomic E-state index is 11.7. The summed E-state index contributed by atoms with van der Waals surface area (Å²) in [6.07, 6.45) is -1.26. The van der Waals surface area contributed by atoms with Crippen LogP contribution in [0.1, 0.15) is 10.8 Å². The Morgan fingerprint density at radius 1 is 1.14 bits per heavy atom. The van der Waals surface area contributed by atoms with Gasteiger partial charge in [-0.1, -0.05) is 42.5 Å². The Morgan fingerprint density at radius 2 is 1.76 bits per heavy atom. The van der Waals surface area contributed by atoms with Crippen molar-refractivity contribution in [2.45, 2.75) is 16.2 Å². The molecule has 5 heteroatoms. The van der Waals surface area contributed by atoms with Gasteiger partial charge in [-0.3, -0.25) is 0 Å². The van der Waals surface area contributed by atoms with E-state index >= 15 is 0 Å². The van der Waals surface area contributed by atoms with E-state index in [-0.39, 0.29) is 0 Å². The monoisotopic (exact) mass is 303 g/mol. The van der Waals surface area contributed by atoms with Gasteiger partial charge in [-0.25, -0.2) is 4.79 Å². The summed E-state index contributed by atoms with van der Waals surface area (Å²) in [5.41, 5.74) is 7.39. The first-order valence-corrected chi connectivity index (χ1v) is 7.33. The molecule has 0 unspecified atom stereocenters. The number of methoxy groups -OCH3 is 1. The second-order valence-electron chi connectivity index (χ2n) is 4.45. The molecule has 0 aliphatic heterocycles. The highest BCUT2D eigenvalue weighted by Gasteiger charge is 2.29. The van der Waals surface area contributed by atoms with Gasteiger partial charge in [-0.05, 0) is 17.7 Å². The van der Waals surface area contributed by atoms with Crippen molar-refractivity contribution in [2.24, 2.45) is 0 Å². The van der Waals surface area contributed by atoms with Gasteiger partial charge in [0.1, 0.15) is 0 Å². The molecule has 0 aromatic heterocycles. The average Bonchev–Trinajstić information content (AvgIpc) is 2.53. The summed E-state index contributed by atoms with van der Waals surface area (Å²) in [6, 6.07) is 16.7. The lowest BCUT2D eigenvalue weighted by atomic mass is 10.1. The van der Waals surface area contributed by atoms with Crippen LogP contribution in [-0.4, -0.2) is 24.3 Å². The first-order valence-electron chi connectivity index (χ1n) is 6.45.